The molecule has 148 valence electrons. The van der Waals surface area contributed by atoms with Crippen molar-refractivity contribution in [3.05, 3.63) is 18.3 Å². The first kappa shape index (κ1) is 18.5. The minimum absolute atomic E-state index is 0.0290. The molecular weight excluding hydrogens is 366 g/mol. The van der Waals surface area contributed by atoms with E-state index in [-0.39, 0.29) is 11.8 Å². The lowest BCUT2D eigenvalue weighted by Gasteiger charge is -2.38. The summed E-state index contributed by atoms with van der Waals surface area (Å²) in [4.78, 5) is 6.73. The molecule has 1 aliphatic heterocycles. The highest BCUT2D eigenvalue weighted by Gasteiger charge is 2.28. The summed E-state index contributed by atoms with van der Waals surface area (Å²) in [6, 6.07) is 4.38. The molecule has 0 atom stereocenters. The van der Waals surface area contributed by atoms with Crippen molar-refractivity contribution in [1.82, 2.24) is 24.6 Å². The van der Waals surface area contributed by atoms with Crippen molar-refractivity contribution in [3.63, 3.8) is 0 Å². The van der Waals surface area contributed by atoms with E-state index in [2.05, 4.69) is 30.3 Å². The van der Waals surface area contributed by atoms with Crippen LogP contribution in [-0.4, -0.2) is 67.5 Å². The number of nitrogens with one attached hydrogen (secondary N) is 3. The van der Waals surface area contributed by atoms with E-state index in [4.69, 9.17) is 0 Å². The molecule has 1 saturated carbocycles. The van der Waals surface area contributed by atoms with Gasteiger partial charge in [0.2, 0.25) is 16.0 Å². The number of sulfonamides is 1. The van der Waals surface area contributed by atoms with Crippen molar-refractivity contribution in [1.29, 1.82) is 0 Å². The van der Waals surface area contributed by atoms with Crippen LogP contribution in [0.2, 0.25) is 0 Å². The van der Waals surface area contributed by atoms with Crippen LogP contribution in [0, 0.1) is 0 Å². The molecule has 0 radical (unpaired) electrons. The Hall–Kier alpha value is -1.91. The summed E-state index contributed by atoms with van der Waals surface area (Å²) in [5.74, 6) is 1.34. The van der Waals surface area contributed by atoms with Gasteiger partial charge in [0, 0.05) is 37.9 Å². The molecule has 10 heteroatoms. The monoisotopic (exact) mass is 393 g/mol. The Morgan fingerprint density at radius 2 is 2.00 bits per heavy atom. The summed E-state index contributed by atoms with van der Waals surface area (Å²) in [6.07, 6.45) is 5.96. The number of fused-ring (bicyclic) bond motifs is 1. The SMILES string of the molecule is CNC1CN(c2nc(NCCS(=O)(=O)NC3CCCC3)c3cccn3n2)C1. The smallest absolute Gasteiger partial charge is 0.245 e. The van der Waals surface area contributed by atoms with Gasteiger partial charge in [0.1, 0.15) is 5.52 Å². The molecule has 2 aliphatic rings. The van der Waals surface area contributed by atoms with Gasteiger partial charge < -0.3 is 15.5 Å². The standard InChI is InChI=1S/C17H27N7O2S/c1-18-14-11-23(12-14)17-20-16(15-7-4-9-24(15)21-17)19-8-10-27(25,26)22-13-5-2-3-6-13/h4,7,9,13-14,18,22H,2-3,5-6,8,10-12H2,1H3,(H,19,20,21). The molecule has 0 bridgehead atoms. The summed E-state index contributed by atoms with van der Waals surface area (Å²) < 4.78 is 29.2. The van der Waals surface area contributed by atoms with Crippen LogP contribution < -0.4 is 20.3 Å². The average molecular weight is 394 g/mol. The average Bonchev–Trinajstić information content (AvgIpc) is 3.24. The zero-order valence-corrected chi connectivity index (χ0v) is 16.4. The van der Waals surface area contributed by atoms with E-state index in [1.807, 2.05) is 25.4 Å². The minimum atomic E-state index is -3.29. The van der Waals surface area contributed by atoms with Crippen LogP contribution in [0.4, 0.5) is 11.8 Å². The number of hydrogen-bond acceptors (Lipinski definition) is 7. The molecule has 0 aromatic carbocycles. The zero-order valence-electron chi connectivity index (χ0n) is 15.6. The van der Waals surface area contributed by atoms with Gasteiger partial charge in [0.25, 0.3) is 0 Å². The van der Waals surface area contributed by atoms with Gasteiger partial charge in [0.15, 0.2) is 5.82 Å². The summed E-state index contributed by atoms with van der Waals surface area (Å²) >= 11 is 0. The highest BCUT2D eigenvalue weighted by atomic mass is 32.2. The van der Waals surface area contributed by atoms with Crippen molar-refractivity contribution >= 4 is 27.3 Å². The first-order valence-electron chi connectivity index (χ1n) is 9.55. The number of likely N-dealkylation sites (N-methyl/N-ethyl adjacent to an activating group) is 1. The molecule has 2 aromatic heterocycles. The topological polar surface area (TPSA) is 104 Å². The van der Waals surface area contributed by atoms with Gasteiger partial charge in [-0.1, -0.05) is 12.8 Å². The maximum absolute atomic E-state index is 12.3. The third kappa shape index (κ3) is 4.17. The molecule has 3 heterocycles. The summed E-state index contributed by atoms with van der Waals surface area (Å²) in [7, 11) is -1.34. The van der Waals surface area contributed by atoms with Gasteiger partial charge in [-0.3, -0.25) is 0 Å². The molecule has 3 N–H and O–H groups in total. The largest absolute Gasteiger partial charge is 0.367 e. The third-order valence-electron chi connectivity index (χ3n) is 5.32. The Balaban J connectivity index is 1.41. The molecule has 9 nitrogen and oxygen atoms in total. The summed E-state index contributed by atoms with van der Waals surface area (Å²) in [5.41, 5.74) is 0.839. The number of hydrogen-bond donors (Lipinski definition) is 3. The van der Waals surface area contributed by atoms with E-state index >= 15 is 0 Å². The van der Waals surface area contributed by atoms with Crippen LogP contribution in [-0.2, 0) is 10.0 Å². The first-order chi connectivity index (χ1) is 13.0. The third-order valence-corrected chi connectivity index (χ3v) is 6.75. The fourth-order valence-electron chi connectivity index (χ4n) is 3.67. The predicted molar refractivity (Wildman–Crippen MR) is 106 cm³/mol. The second-order valence-electron chi connectivity index (χ2n) is 7.33. The minimum Gasteiger partial charge on any atom is -0.367 e. The fourth-order valence-corrected chi connectivity index (χ4v) is 4.90. The van der Waals surface area contributed by atoms with E-state index in [0.717, 1.165) is 44.3 Å². The Labute approximate surface area is 159 Å². The summed E-state index contributed by atoms with van der Waals surface area (Å²) in [5, 5.41) is 11.0. The molecule has 1 aliphatic carbocycles. The van der Waals surface area contributed by atoms with Crippen LogP contribution in [0.3, 0.4) is 0 Å². The highest BCUT2D eigenvalue weighted by Crippen LogP contribution is 2.22. The van der Waals surface area contributed by atoms with Crippen molar-refractivity contribution < 1.29 is 8.42 Å². The van der Waals surface area contributed by atoms with Crippen molar-refractivity contribution in [2.75, 3.05) is 42.7 Å². The second kappa shape index (κ2) is 7.61. The van der Waals surface area contributed by atoms with Gasteiger partial charge in [0.05, 0.1) is 5.75 Å². The Bertz CT molecular complexity index is 886. The number of aromatic nitrogens is 3. The molecule has 0 amide bonds. The summed E-state index contributed by atoms with van der Waals surface area (Å²) in [6.45, 7) is 2.03. The molecule has 0 spiro atoms. The normalized spacial score (nSPS) is 18.9. The molecular formula is C17H27N7O2S. The highest BCUT2D eigenvalue weighted by molar-refractivity contribution is 7.89. The van der Waals surface area contributed by atoms with Gasteiger partial charge >= 0.3 is 0 Å². The number of anilines is 2. The Morgan fingerprint density at radius 1 is 1.22 bits per heavy atom. The van der Waals surface area contributed by atoms with Crippen molar-refractivity contribution in [2.24, 2.45) is 0 Å². The second-order valence-corrected chi connectivity index (χ2v) is 9.21. The van der Waals surface area contributed by atoms with Gasteiger partial charge in [-0.25, -0.2) is 17.7 Å². The maximum atomic E-state index is 12.3. The zero-order chi connectivity index (χ0) is 18.9. The first-order valence-corrected chi connectivity index (χ1v) is 11.2. The van der Waals surface area contributed by atoms with E-state index in [9.17, 15) is 8.42 Å². The predicted octanol–water partition coefficient (Wildman–Crippen LogP) is 0.411. The molecule has 27 heavy (non-hydrogen) atoms. The van der Waals surface area contributed by atoms with Crippen LogP contribution >= 0.6 is 0 Å². The molecule has 4 rings (SSSR count). The van der Waals surface area contributed by atoms with Gasteiger partial charge in [-0.05, 0) is 32.0 Å². The number of nitrogens with zero attached hydrogens (tertiary/aromatic N) is 4. The molecule has 1 saturated heterocycles. The van der Waals surface area contributed by atoms with E-state index < -0.39 is 10.0 Å². The molecule has 2 aromatic rings. The quantitative estimate of drug-likeness (QED) is 0.597. The van der Waals surface area contributed by atoms with Gasteiger partial charge in [-0.2, -0.15) is 4.98 Å². The lowest BCUT2D eigenvalue weighted by Crippen LogP contribution is -2.57. The Kier molecular flexibility index (Phi) is 5.20. The van der Waals surface area contributed by atoms with Crippen molar-refractivity contribution in [3.8, 4) is 0 Å². The lowest BCUT2D eigenvalue weighted by molar-refractivity contribution is 0.441. The number of rotatable bonds is 8. The Morgan fingerprint density at radius 3 is 2.74 bits per heavy atom. The van der Waals surface area contributed by atoms with Crippen LogP contribution in [0.15, 0.2) is 18.3 Å². The van der Waals surface area contributed by atoms with Crippen LogP contribution in [0.5, 0.6) is 0 Å². The van der Waals surface area contributed by atoms with Crippen LogP contribution in [0.25, 0.3) is 5.52 Å². The van der Waals surface area contributed by atoms with Gasteiger partial charge in [-0.15, -0.1) is 5.10 Å². The fraction of sp³-hybridized carbons (Fsp3) is 0.647. The van der Waals surface area contributed by atoms with E-state index in [1.165, 1.54) is 0 Å². The lowest BCUT2D eigenvalue weighted by atomic mass is 10.1. The van der Waals surface area contributed by atoms with E-state index in [1.54, 1.807) is 4.52 Å². The molecule has 0 unspecified atom stereocenters. The molecule has 2 fully saturated rings. The van der Waals surface area contributed by atoms with Crippen molar-refractivity contribution in [2.45, 2.75) is 37.8 Å². The maximum Gasteiger partial charge on any atom is 0.245 e. The van der Waals surface area contributed by atoms with E-state index in [0.29, 0.717) is 24.4 Å². The van der Waals surface area contributed by atoms with Crippen LogP contribution in [0.1, 0.15) is 25.7 Å².